The fourth-order valence-corrected chi connectivity index (χ4v) is 1.22. The zero-order valence-electron chi connectivity index (χ0n) is 8.38. The van der Waals surface area contributed by atoms with Crippen LogP contribution in [0.4, 0.5) is 0 Å². The first-order valence-electron chi connectivity index (χ1n) is 4.48. The van der Waals surface area contributed by atoms with Gasteiger partial charge >= 0.3 is 5.97 Å². The molecule has 1 rings (SSSR count). The number of primary amides is 1. The van der Waals surface area contributed by atoms with E-state index in [1.165, 1.54) is 18.2 Å². The van der Waals surface area contributed by atoms with Crippen LogP contribution in [0.2, 0.25) is 0 Å². The normalized spacial score (nSPS) is 10.6. The summed E-state index contributed by atoms with van der Waals surface area (Å²) in [5.41, 5.74) is 6.34. The average Bonchev–Trinajstić information content (AvgIpc) is 2.25. The summed E-state index contributed by atoms with van der Waals surface area (Å²) in [6.45, 7) is -0.241. The monoisotopic (exact) mass is 221 g/mol. The Balaban J connectivity index is 3.14. The molecule has 0 atom stereocenters. The van der Waals surface area contributed by atoms with Gasteiger partial charge in [-0.3, -0.25) is 4.79 Å². The molecule has 0 aliphatic heterocycles. The molecule has 1 aromatic rings. The SMILES string of the molecule is NC(=O)c1cc(/C=C/C(=O)O)cc(CO)c1. The summed E-state index contributed by atoms with van der Waals surface area (Å²) in [5, 5.41) is 17.4. The maximum absolute atomic E-state index is 11.0. The summed E-state index contributed by atoms with van der Waals surface area (Å²) >= 11 is 0. The van der Waals surface area contributed by atoms with Gasteiger partial charge < -0.3 is 15.9 Å². The third-order valence-corrected chi connectivity index (χ3v) is 1.90. The summed E-state index contributed by atoms with van der Waals surface area (Å²) in [7, 11) is 0. The fourth-order valence-electron chi connectivity index (χ4n) is 1.22. The molecule has 0 saturated heterocycles. The van der Waals surface area contributed by atoms with Crippen molar-refractivity contribution in [2.75, 3.05) is 0 Å². The van der Waals surface area contributed by atoms with Crippen LogP contribution in [0.15, 0.2) is 24.3 Å². The van der Waals surface area contributed by atoms with Gasteiger partial charge in [-0.05, 0) is 35.4 Å². The summed E-state index contributed by atoms with van der Waals surface area (Å²) in [6.07, 6.45) is 2.27. The first-order valence-corrected chi connectivity index (χ1v) is 4.48. The van der Waals surface area contributed by atoms with Gasteiger partial charge in [-0.15, -0.1) is 0 Å². The Morgan fingerprint density at radius 3 is 2.50 bits per heavy atom. The maximum Gasteiger partial charge on any atom is 0.328 e. The highest BCUT2D eigenvalue weighted by Crippen LogP contribution is 2.12. The quantitative estimate of drug-likeness (QED) is 0.639. The van der Waals surface area contributed by atoms with E-state index in [9.17, 15) is 9.59 Å². The third-order valence-electron chi connectivity index (χ3n) is 1.90. The Hall–Kier alpha value is -2.14. The highest BCUT2D eigenvalue weighted by atomic mass is 16.4. The van der Waals surface area contributed by atoms with Crippen molar-refractivity contribution in [3.8, 4) is 0 Å². The van der Waals surface area contributed by atoms with Gasteiger partial charge in [0.2, 0.25) is 5.91 Å². The Morgan fingerprint density at radius 2 is 2.00 bits per heavy atom. The van der Waals surface area contributed by atoms with E-state index in [1.54, 1.807) is 6.07 Å². The first kappa shape index (κ1) is 11.9. The molecule has 5 heteroatoms. The number of hydrogen-bond donors (Lipinski definition) is 3. The second-order valence-electron chi connectivity index (χ2n) is 3.16. The highest BCUT2D eigenvalue weighted by molar-refractivity contribution is 5.94. The van der Waals surface area contributed by atoms with Crippen molar-refractivity contribution in [3.63, 3.8) is 0 Å². The molecule has 1 aromatic carbocycles. The minimum absolute atomic E-state index is 0.233. The highest BCUT2D eigenvalue weighted by Gasteiger charge is 2.03. The van der Waals surface area contributed by atoms with Crippen molar-refractivity contribution in [2.45, 2.75) is 6.61 Å². The van der Waals surface area contributed by atoms with E-state index < -0.39 is 11.9 Å². The molecule has 0 fully saturated rings. The number of benzene rings is 1. The van der Waals surface area contributed by atoms with Gasteiger partial charge in [0.1, 0.15) is 0 Å². The van der Waals surface area contributed by atoms with Gasteiger partial charge in [-0.2, -0.15) is 0 Å². The molecule has 1 amide bonds. The van der Waals surface area contributed by atoms with Crippen LogP contribution >= 0.6 is 0 Å². The number of carboxylic acid groups (broad SMARTS) is 1. The lowest BCUT2D eigenvalue weighted by Gasteiger charge is -2.02. The number of carbonyl (C=O) groups is 2. The molecular weight excluding hydrogens is 210 g/mol. The molecule has 0 aliphatic rings. The minimum atomic E-state index is -1.09. The lowest BCUT2D eigenvalue weighted by Crippen LogP contribution is -2.11. The lowest BCUT2D eigenvalue weighted by atomic mass is 10.1. The number of carbonyl (C=O) groups excluding carboxylic acids is 1. The number of rotatable bonds is 4. The van der Waals surface area contributed by atoms with Crippen molar-refractivity contribution in [1.82, 2.24) is 0 Å². The smallest absolute Gasteiger partial charge is 0.328 e. The average molecular weight is 221 g/mol. The standard InChI is InChI=1S/C11H11NO4/c12-11(16)9-4-7(1-2-10(14)15)3-8(5-9)6-13/h1-5,13H,6H2,(H2,12,16)(H,14,15)/b2-1+. The minimum Gasteiger partial charge on any atom is -0.478 e. The summed E-state index contributed by atoms with van der Waals surface area (Å²) in [4.78, 5) is 21.3. The number of aliphatic hydroxyl groups excluding tert-OH is 1. The predicted octanol–water partition coefficient (Wildman–Crippen LogP) is 0.376. The van der Waals surface area contributed by atoms with E-state index in [0.717, 1.165) is 6.08 Å². The number of amides is 1. The summed E-state index contributed by atoms with van der Waals surface area (Å²) < 4.78 is 0. The van der Waals surface area contributed by atoms with Gasteiger partial charge in [0.05, 0.1) is 6.61 Å². The predicted molar refractivity (Wildman–Crippen MR) is 57.6 cm³/mol. The van der Waals surface area contributed by atoms with E-state index in [4.69, 9.17) is 15.9 Å². The first-order chi connectivity index (χ1) is 7.52. The Labute approximate surface area is 91.8 Å². The van der Waals surface area contributed by atoms with E-state index in [2.05, 4.69) is 0 Å². The van der Waals surface area contributed by atoms with E-state index in [-0.39, 0.29) is 12.2 Å². The third kappa shape index (κ3) is 3.21. The molecule has 5 nitrogen and oxygen atoms in total. The van der Waals surface area contributed by atoms with Crippen molar-refractivity contribution >= 4 is 18.0 Å². The van der Waals surface area contributed by atoms with Gasteiger partial charge in [-0.1, -0.05) is 0 Å². The Kier molecular flexibility index (Phi) is 3.79. The van der Waals surface area contributed by atoms with Crippen LogP contribution < -0.4 is 5.73 Å². The molecule has 0 heterocycles. The van der Waals surface area contributed by atoms with Gasteiger partial charge in [-0.25, -0.2) is 4.79 Å². The molecular formula is C11H11NO4. The molecule has 84 valence electrons. The molecule has 0 spiro atoms. The molecule has 0 aliphatic carbocycles. The van der Waals surface area contributed by atoms with Crippen LogP contribution in [-0.4, -0.2) is 22.1 Å². The summed E-state index contributed by atoms with van der Waals surface area (Å²) in [6, 6.07) is 4.49. The van der Waals surface area contributed by atoms with E-state index >= 15 is 0 Å². The second kappa shape index (κ2) is 5.09. The zero-order chi connectivity index (χ0) is 12.1. The summed E-state index contributed by atoms with van der Waals surface area (Å²) in [5.74, 6) is -1.71. The van der Waals surface area contributed by atoms with Crippen molar-refractivity contribution in [2.24, 2.45) is 5.73 Å². The largest absolute Gasteiger partial charge is 0.478 e. The van der Waals surface area contributed by atoms with Crippen LogP contribution in [-0.2, 0) is 11.4 Å². The van der Waals surface area contributed by atoms with Gasteiger partial charge in [0, 0.05) is 11.6 Å². The maximum atomic E-state index is 11.0. The van der Waals surface area contributed by atoms with Gasteiger partial charge in [0.15, 0.2) is 0 Å². The van der Waals surface area contributed by atoms with E-state index in [0.29, 0.717) is 11.1 Å². The molecule has 0 aromatic heterocycles. The Bertz CT molecular complexity index is 451. The van der Waals surface area contributed by atoms with Crippen molar-refractivity contribution in [3.05, 3.63) is 41.0 Å². The number of hydrogen-bond acceptors (Lipinski definition) is 3. The molecule has 4 N–H and O–H groups in total. The number of carboxylic acids is 1. The van der Waals surface area contributed by atoms with Crippen LogP contribution in [0.25, 0.3) is 6.08 Å². The van der Waals surface area contributed by atoms with Crippen molar-refractivity contribution < 1.29 is 19.8 Å². The number of nitrogens with two attached hydrogens (primary N) is 1. The second-order valence-corrected chi connectivity index (χ2v) is 3.16. The van der Waals surface area contributed by atoms with E-state index in [1.807, 2.05) is 0 Å². The zero-order valence-corrected chi connectivity index (χ0v) is 8.38. The molecule has 0 saturated carbocycles. The van der Waals surface area contributed by atoms with Crippen molar-refractivity contribution in [1.29, 1.82) is 0 Å². The molecule has 0 unspecified atom stereocenters. The van der Waals surface area contributed by atoms with Crippen LogP contribution in [0.1, 0.15) is 21.5 Å². The topological polar surface area (TPSA) is 101 Å². The number of aliphatic hydroxyl groups is 1. The molecule has 0 radical (unpaired) electrons. The lowest BCUT2D eigenvalue weighted by molar-refractivity contribution is -0.131. The Morgan fingerprint density at radius 1 is 1.31 bits per heavy atom. The van der Waals surface area contributed by atoms with Crippen LogP contribution in [0, 0.1) is 0 Å². The fraction of sp³-hybridized carbons (Fsp3) is 0.0909. The molecule has 16 heavy (non-hydrogen) atoms. The van der Waals surface area contributed by atoms with Crippen LogP contribution in [0.5, 0.6) is 0 Å². The number of aliphatic carboxylic acids is 1. The molecule has 0 bridgehead atoms. The van der Waals surface area contributed by atoms with Crippen LogP contribution in [0.3, 0.4) is 0 Å². The van der Waals surface area contributed by atoms with Gasteiger partial charge in [0.25, 0.3) is 0 Å².